The van der Waals surface area contributed by atoms with Gasteiger partial charge in [0, 0.05) is 47.6 Å². The van der Waals surface area contributed by atoms with Crippen LogP contribution in [0.4, 0.5) is 4.39 Å². The third-order valence-electron chi connectivity index (χ3n) is 5.75. The minimum absolute atomic E-state index is 0.255. The van der Waals surface area contributed by atoms with Crippen molar-refractivity contribution in [2.24, 2.45) is 0 Å². The zero-order valence-electron chi connectivity index (χ0n) is 14.8. The average molecular weight is 356 g/mol. The Balaban J connectivity index is 1.43. The Morgan fingerprint density at radius 2 is 1.93 bits per heavy atom. The lowest BCUT2D eigenvalue weighted by molar-refractivity contribution is 0.626. The Morgan fingerprint density at radius 3 is 2.85 bits per heavy atom. The predicted molar refractivity (Wildman–Crippen MR) is 103 cm³/mol. The molecule has 6 rings (SSSR count). The van der Waals surface area contributed by atoms with Crippen LogP contribution in [0.3, 0.4) is 0 Å². The monoisotopic (exact) mass is 356 g/mol. The lowest BCUT2D eigenvalue weighted by Crippen LogP contribution is -1.90. The fraction of sp³-hybridized carbons (Fsp3) is 0.182. The maximum absolute atomic E-state index is 13.4. The van der Waals surface area contributed by atoms with Gasteiger partial charge < -0.3 is 8.80 Å². The molecule has 0 aliphatic heterocycles. The lowest BCUT2D eigenvalue weighted by atomic mass is 10.2. The third kappa shape index (κ3) is 2.14. The van der Waals surface area contributed by atoms with E-state index in [1.807, 2.05) is 10.6 Å². The first-order chi connectivity index (χ1) is 13.2. The summed E-state index contributed by atoms with van der Waals surface area (Å²) in [4.78, 5) is 9.65. The smallest absolute Gasteiger partial charge is 0.145 e. The van der Waals surface area contributed by atoms with Crippen molar-refractivity contribution < 1.29 is 4.39 Å². The molecular weight excluding hydrogens is 339 g/mol. The molecule has 1 aliphatic rings. The maximum atomic E-state index is 13.4. The summed E-state index contributed by atoms with van der Waals surface area (Å²) in [7, 11) is 0. The number of halogens is 1. The normalized spacial score (nSPS) is 19.3. The topological polar surface area (TPSA) is 34.6 Å². The van der Waals surface area contributed by atoms with Gasteiger partial charge in [0.1, 0.15) is 17.1 Å². The number of aromatic nitrogens is 4. The van der Waals surface area contributed by atoms with E-state index in [1.165, 1.54) is 28.6 Å². The van der Waals surface area contributed by atoms with E-state index in [2.05, 4.69) is 52.8 Å². The second kappa shape index (κ2) is 5.16. The van der Waals surface area contributed by atoms with Gasteiger partial charge in [-0.15, -0.1) is 0 Å². The molecule has 4 nitrogen and oxygen atoms in total. The molecule has 0 amide bonds. The molecule has 0 saturated heterocycles. The number of benzene rings is 1. The summed E-state index contributed by atoms with van der Waals surface area (Å²) < 4.78 is 17.5. The standard InChI is InChI=1S/C22H17FN4/c1-13-21(25-22-16-5-3-2-4-14(16)6-9-27(13)22)18-11-17(18)19-12-26-8-7-15(23)10-20(26)24-19/h2-10,12,17-18H,11H2,1H3. The number of aryl methyl sites for hydroxylation is 1. The van der Waals surface area contributed by atoms with Crippen molar-refractivity contribution in [2.75, 3.05) is 0 Å². The highest BCUT2D eigenvalue weighted by molar-refractivity contribution is 5.94. The van der Waals surface area contributed by atoms with Gasteiger partial charge in [0.25, 0.3) is 0 Å². The highest BCUT2D eigenvalue weighted by Crippen LogP contribution is 2.54. The van der Waals surface area contributed by atoms with Crippen LogP contribution in [-0.4, -0.2) is 18.8 Å². The van der Waals surface area contributed by atoms with Crippen molar-refractivity contribution in [1.29, 1.82) is 0 Å². The van der Waals surface area contributed by atoms with Gasteiger partial charge in [0.15, 0.2) is 0 Å². The molecule has 0 radical (unpaired) electrons. The minimum Gasteiger partial charge on any atom is -0.307 e. The van der Waals surface area contributed by atoms with Crippen molar-refractivity contribution in [3.8, 4) is 0 Å². The van der Waals surface area contributed by atoms with Gasteiger partial charge in [-0.2, -0.15) is 0 Å². The van der Waals surface area contributed by atoms with Crippen LogP contribution in [0.5, 0.6) is 0 Å². The largest absolute Gasteiger partial charge is 0.307 e. The molecule has 1 aliphatic carbocycles. The maximum Gasteiger partial charge on any atom is 0.145 e. The summed E-state index contributed by atoms with van der Waals surface area (Å²) in [5.41, 5.74) is 5.04. The number of fused-ring (bicyclic) bond motifs is 4. The van der Waals surface area contributed by atoms with E-state index in [1.54, 1.807) is 6.20 Å². The van der Waals surface area contributed by atoms with Crippen LogP contribution in [0.1, 0.15) is 35.3 Å². The van der Waals surface area contributed by atoms with Gasteiger partial charge in [0.2, 0.25) is 0 Å². The molecule has 4 aromatic heterocycles. The van der Waals surface area contributed by atoms with Crippen molar-refractivity contribution in [1.82, 2.24) is 18.8 Å². The quantitative estimate of drug-likeness (QED) is 0.453. The Labute approximate surface area is 154 Å². The number of nitrogens with zero attached hydrogens (tertiary/aromatic N) is 4. The molecule has 2 atom stereocenters. The van der Waals surface area contributed by atoms with Crippen molar-refractivity contribution in [3.63, 3.8) is 0 Å². The van der Waals surface area contributed by atoms with Crippen LogP contribution in [0.2, 0.25) is 0 Å². The fourth-order valence-electron chi connectivity index (χ4n) is 4.23. The van der Waals surface area contributed by atoms with Gasteiger partial charge in [-0.05, 0) is 30.9 Å². The SMILES string of the molecule is Cc1c(C2CC2c2cn3ccc(F)cc3n2)nc2c3ccccc3ccn12. The number of pyridine rings is 2. The van der Waals surface area contributed by atoms with Crippen molar-refractivity contribution in [2.45, 2.75) is 25.2 Å². The molecule has 0 N–H and O–H groups in total. The summed E-state index contributed by atoms with van der Waals surface area (Å²) in [6.45, 7) is 2.14. The second-order valence-corrected chi connectivity index (χ2v) is 7.40. The summed E-state index contributed by atoms with van der Waals surface area (Å²) in [5.74, 6) is 0.469. The molecule has 1 fully saturated rings. The Hall–Kier alpha value is -3.21. The van der Waals surface area contributed by atoms with Crippen LogP contribution < -0.4 is 0 Å². The van der Waals surface area contributed by atoms with Crippen molar-refractivity contribution in [3.05, 3.63) is 84.0 Å². The highest BCUT2D eigenvalue weighted by atomic mass is 19.1. The molecule has 2 unspecified atom stereocenters. The zero-order valence-corrected chi connectivity index (χ0v) is 14.8. The first-order valence-electron chi connectivity index (χ1n) is 9.19. The molecular formula is C22H17FN4. The van der Waals surface area contributed by atoms with Crippen LogP contribution in [0.25, 0.3) is 22.1 Å². The van der Waals surface area contributed by atoms with Crippen LogP contribution in [0, 0.1) is 12.7 Å². The molecule has 5 aromatic rings. The van der Waals surface area contributed by atoms with E-state index in [0.717, 1.165) is 23.5 Å². The Morgan fingerprint density at radius 1 is 1.04 bits per heavy atom. The fourth-order valence-corrected chi connectivity index (χ4v) is 4.23. The predicted octanol–water partition coefficient (Wildman–Crippen LogP) is 4.85. The number of hydrogen-bond donors (Lipinski definition) is 0. The van der Waals surface area contributed by atoms with Crippen molar-refractivity contribution >= 4 is 22.1 Å². The van der Waals surface area contributed by atoms with Crippen LogP contribution in [0.15, 0.2) is 61.1 Å². The number of imidazole rings is 2. The van der Waals surface area contributed by atoms with E-state index >= 15 is 0 Å². The van der Waals surface area contributed by atoms with Crippen LogP contribution in [-0.2, 0) is 0 Å². The number of hydrogen-bond acceptors (Lipinski definition) is 2. The third-order valence-corrected chi connectivity index (χ3v) is 5.75. The highest BCUT2D eigenvalue weighted by Gasteiger charge is 2.44. The lowest BCUT2D eigenvalue weighted by Gasteiger charge is -2.01. The number of rotatable bonds is 2. The van der Waals surface area contributed by atoms with Gasteiger partial charge in [0.05, 0.1) is 11.4 Å². The van der Waals surface area contributed by atoms with E-state index in [0.29, 0.717) is 17.5 Å². The molecule has 0 bridgehead atoms. The van der Waals surface area contributed by atoms with E-state index < -0.39 is 0 Å². The summed E-state index contributed by atoms with van der Waals surface area (Å²) >= 11 is 0. The molecule has 1 aromatic carbocycles. The molecule has 4 heterocycles. The van der Waals surface area contributed by atoms with E-state index in [9.17, 15) is 4.39 Å². The molecule has 5 heteroatoms. The van der Waals surface area contributed by atoms with Crippen LogP contribution >= 0.6 is 0 Å². The molecule has 0 spiro atoms. The van der Waals surface area contributed by atoms with E-state index in [4.69, 9.17) is 4.98 Å². The molecule has 1 saturated carbocycles. The van der Waals surface area contributed by atoms with Gasteiger partial charge in [-0.25, -0.2) is 14.4 Å². The van der Waals surface area contributed by atoms with Gasteiger partial charge in [-0.1, -0.05) is 24.3 Å². The zero-order chi connectivity index (χ0) is 18.1. The first kappa shape index (κ1) is 14.9. The van der Waals surface area contributed by atoms with E-state index in [-0.39, 0.29) is 5.82 Å². The minimum atomic E-state index is -0.255. The average Bonchev–Trinajstić information content (AvgIpc) is 3.24. The Kier molecular flexibility index (Phi) is 2.85. The van der Waals surface area contributed by atoms with Gasteiger partial charge >= 0.3 is 0 Å². The summed E-state index contributed by atoms with van der Waals surface area (Å²) in [6, 6.07) is 13.4. The molecule has 132 valence electrons. The summed E-state index contributed by atoms with van der Waals surface area (Å²) in [5, 5.41) is 2.38. The van der Waals surface area contributed by atoms with Gasteiger partial charge in [-0.3, -0.25) is 0 Å². The molecule has 27 heavy (non-hydrogen) atoms. The first-order valence-corrected chi connectivity index (χ1v) is 9.19. The Bertz CT molecular complexity index is 1350. The summed E-state index contributed by atoms with van der Waals surface area (Å²) in [6.07, 6.45) is 6.88. The second-order valence-electron chi connectivity index (χ2n) is 7.40.